The first kappa shape index (κ1) is 20.4. The Balaban J connectivity index is 1.70. The second-order valence-electron chi connectivity index (χ2n) is 6.55. The van der Waals surface area contributed by atoms with E-state index in [0.717, 1.165) is 0 Å². The zero-order valence-electron chi connectivity index (χ0n) is 16.7. The van der Waals surface area contributed by atoms with Crippen LogP contribution in [0.5, 0.6) is 11.5 Å². The van der Waals surface area contributed by atoms with E-state index < -0.39 is 0 Å². The van der Waals surface area contributed by atoms with Crippen LogP contribution in [0.25, 0.3) is 0 Å². The van der Waals surface area contributed by atoms with E-state index in [4.69, 9.17) is 9.47 Å². The summed E-state index contributed by atoms with van der Waals surface area (Å²) < 4.78 is 11.2. The molecule has 3 rings (SSSR count). The van der Waals surface area contributed by atoms with Crippen LogP contribution in [0, 0.1) is 10.1 Å². The fourth-order valence-electron chi connectivity index (χ4n) is 3.40. The summed E-state index contributed by atoms with van der Waals surface area (Å²) in [5.41, 5.74) is 1.21. The molecule has 154 valence electrons. The van der Waals surface area contributed by atoms with Gasteiger partial charge in [0.2, 0.25) is 0 Å². The number of nitro benzene ring substituents is 1. The van der Waals surface area contributed by atoms with Crippen LogP contribution in [0.4, 0.5) is 11.4 Å². The van der Waals surface area contributed by atoms with E-state index >= 15 is 0 Å². The number of hydrogen-bond donors (Lipinski definition) is 0. The van der Waals surface area contributed by atoms with Crippen molar-refractivity contribution in [3.05, 3.63) is 58.1 Å². The maximum absolute atomic E-state index is 12.9. The third-order valence-electron chi connectivity index (χ3n) is 4.78. The Hall–Kier alpha value is -3.29. The maximum atomic E-state index is 12.9. The third-order valence-corrected chi connectivity index (χ3v) is 4.78. The third kappa shape index (κ3) is 4.59. The molecule has 0 radical (unpaired) electrons. The van der Waals surface area contributed by atoms with Gasteiger partial charge in [0.1, 0.15) is 5.69 Å². The largest absolute Gasteiger partial charge is 0.490 e. The highest BCUT2D eigenvalue weighted by Gasteiger charge is 2.26. The molecule has 0 aliphatic carbocycles. The lowest BCUT2D eigenvalue weighted by Crippen LogP contribution is -2.49. The van der Waals surface area contributed by atoms with Gasteiger partial charge in [-0.3, -0.25) is 14.9 Å². The number of piperazine rings is 1. The van der Waals surface area contributed by atoms with Crippen LogP contribution in [-0.2, 0) is 0 Å². The number of hydrogen-bond acceptors (Lipinski definition) is 6. The van der Waals surface area contributed by atoms with E-state index in [9.17, 15) is 14.9 Å². The van der Waals surface area contributed by atoms with Crippen LogP contribution in [-0.4, -0.2) is 55.1 Å². The Labute approximate surface area is 169 Å². The molecule has 2 aromatic carbocycles. The Morgan fingerprint density at radius 1 is 1.00 bits per heavy atom. The Morgan fingerprint density at radius 2 is 1.66 bits per heavy atom. The molecular formula is C21H25N3O5. The molecule has 8 heteroatoms. The lowest BCUT2D eigenvalue weighted by molar-refractivity contribution is -0.384. The Kier molecular flexibility index (Phi) is 6.54. The zero-order valence-corrected chi connectivity index (χ0v) is 16.7. The van der Waals surface area contributed by atoms with Crippen molar-refractivity contribution in [3.63, 3.8) is 0 Å². The highest BCUT2D eigenvalue weighted by molar-refractivity contribution is 5.95. The van der Waals surface area contributed by atoms with Gasteiger partial charge >= 0.3 is 0 Å². The summed E-state index contributed by atoms with van der Waals surface area (Å²) in [6.07, 6.45) is 0. The number of ether oxygens (including phenoxy) is 2. The van der Waals surface area contributed by atoms with Crippen LogP contribution in [0.3, 0.4) is 0 Å². The monoisotopic (exact) mass is 399 g/mol. The zero-order chi connectivity index (χ0) is 20.8. The molecule has 8 nitrogen and oxygen atoms in total. The van der Waals surface area contributed by atoms with Crippen LogP contribution in [0.2, 0.25) is 0 Å². The predicted molar refractivity (Wildman–Crippen MR) is 110 cm³/mol. The number of nitrogens with zero attached hydrogens (tertiary/aromatic N) is 3. The summed E-state index contributed by atoms with van der Waals surface area (Å²) >= 11 is 0. The van der Waals surface area contributed by atoms with Gasteiger partial charge in [-0.15, -0.1) is 0 Å². The number of benzene rings is 2. The second kappa shape index (κ2) is 9.27. The number of carbonyl (C=O) groups is 1. The van der Waals surface area contributed by atoms with E-state index in [-0.39, 0.29) is 16.5 Å². The summed E-state index contributed by atoms with van der Waals surface area (Å²) in [4.78, 5) is 27.6. The molecule has 0 N–H and O–H groups in total. The first-order valence-corrected chi connectivity index (χ1v) is 9.72. The van der Waals surface area contributed by atoms with Gasteiger partial charge in [-0.2, -0.15) is 0 Å². The molecule has 1 saturated heterocycles. The first-order valence-electron chi connectivity index (χ1n) is 9.72. The van der Waals surface area contributed by atoms with E-state index in [1.54, 1.807) is 41.3 Å². The molecule has 0 atom stereocenters. The highest BCUT2D eigenvalue weighted by atomic mass is 16.6. The SMILES string of the molecule is CCOc1ccc(C(=O)N2CCN(c3ccccc3[N+](=O)[O-])CC2)cc1OCC. The summed E-state index contributed by atoms with van der Waals surface area (Å²) in [5, 5.41) is 11.3. The van der Waals surface area contributed by atoms with Crippen molar-refractivity contribution in [2.45, 2.75) is 13.8 Å². The minimum atomic E-state index is -0.373. The highest BCUT2D eigenvalue weighted by Crippen LogP contribution is 2.30. The van der Waals surface area contributed by atoms with Gasteiger partial charge in [0.05, 0.1) is 18.1 Å². The molecule has 1 aliphatic rings. The lowest BCUT2D eigenvalue weighted by atomic mass is 10.1. The summed E-state index contributed by atoms with van der Waals surface area (Å²) in [5.74, 6) is 1.09. The predicted octanol–water partition coefficient (Wildman–Crippen LogP) is 3.35. The van der Waals surface area contributed by atoms with Crippen molar-refractivity contribution in [2.75, 3.05) is 44.3 Å². The summed E-state index contributed by atoms with van der Waals surface area (Å²) in [7, 11) is 0. The van der Waals surface area contributed by atoms with Gasteiger partial charge in [0, 0.05) is 37.8 Å². The lowest BCUT2D eigenvalue weighted by Gasteiger charge is -2.35. The van der Waals surface area contributed by atoms with Gasteiger partial charge in [0.15, 0.2) is 11.5 Å². The van der Waals surface area contributed by atoms with Crippen LogP contribution in [0.1, 0.15) is 24.2 Å². The number of amides is 1. The molecule has 1 amide bonds. The van der Waals surface area contributed by atoms with E-state index in [1.807, 2.05) is 18.7 Å². The number of para-hydroxylation sites is 2. The second-order valence-corrected chi connectivity index (χ2v) is 6.55. The van der Waals surface area contributed by atoms with Crippen molar-refractivity contribution in [1.29, 1.82) is 0 Å². The average molecular weight is 399 g/mol. The molecule has 29 heavy (non-hydrogen) atoms. The average Bonchev–Trinajstić information content (AvgIpc) is 2.75. The molecule has 1 fully saturated rings. The van der Waals surface area contributed by atoms with Crippen LogP contribution < -0.4 is 14.4 Å². The molecular weight excluding hydrogens is 374 g/mol. The normalized spacial score (nSPS) is 13.9. The fraction of sp³-hybridized carbons (Fsp3) is 0.381. The van der Waals surface area contributed by atoms with Crippen molar-refractivity contribution < 1.29 is 19.2 Å². The topological polar surface area (TPSA) is 85.2 Å². The minimum Gasteiger partial charge on any atom is -0.490 e. The van der Waals surface area contributed by atoms with Gasteiger partial charge in [-0.05, 0) is 38.1 Å². The van der Waals surface area contributed by atoms with Crippen LogP contribution in [0.15, 0.2) is 42.5 Å². The number of carbonyl (C=O) groups excluding carboxylic acids is 1. The van der Waals surface area contributed by atoms with Gasteiger partial charge in [-0.1, -0.05) is 12.1 Å². The maximum Gasteiger partial charge on any atom is 0.292 e. The van der Waals surface area contributed by atoms with E-state index in [1.165, 1.54) is 6.07 Å². The fourth-order valence-corrected chi connectivity index (χ4v) is 3.40. The molecule has 0 saturated carbocycles. The molecule has 0 unspecified atom stereocenters. The van der Waals surface area contributed by atoms with E-state index in [2.05, 4.69) is 0 Å². The molecule has 0 spiro atoms. The van der Waals surface area contributed by atoms with Crippen molar-refractivity contribution >= 4 is 17.3 Å². The van der Waals surface area contributed by atoms with Crippen molar-refractivity contribution in [2.24, 2.45) is 0 Å². The van der Waals surface area contributed by atoms with Crippen molar-refractivity contribution in [1.82, 2.24) is 4.90 Å². The molecule has 2 aromatic rings. The minimum absolute atomic E-state index is 0.0835. The molecule has 1 aliphatic heterocycles. The van der Waals surface area contributed by atoms with E-state index in [0.29, 0.717) is 62.1 Å². The Morgan fingerprint density at radius 3 is 2.31 bits per heavy atom. The molecule has 1 heterocycles. The van der Waals surface area contributed by atoms with Gasteiger partial charge < -0.3 is 19.3 Å². The first-order chi connectivity index (χ1) is 14.0. The van der Waals surface area contributed by atoms with Crippen molar-refractivity contribution in [3.8, 4) is 11.5 Å². The quantitative estimate of drug-likeness (QED) is 0.524. The van der Waals surface area contributed by atoms with Crippen LogP contribution >= 0.6 is 0 Å². The molecule has 0 bridgehead atoms. The summed E-state index contributed by atoms with van der Waals surface area (Å²) in [6.45, 7) is 6.81. The number of anilines is 1. The Bertz CT molecular complexity index is 878. The number of rotatable bonds is 7. The standard InChI is InChI=1S/C21H25N3O5/c1-3-28-19-10-9-16(15-20(19)29-4-2)21(25)23-13-11-22(12-14-23)17-7-5-6-8-18(17)24(26)27/h5-10,15H,3-4,11-14H2,1-2H3. The van der Waals surface area contributed by atoms with Gasteiger partial charge in [-0.25, -0.2) is 0 Å². The molecule has 0 aromatic heterocycles. The number of nitro groups is 1. The summed E-state index contributed by atoms with van der Waals surface area (Å²) in [6, 6.07) is 11.9. The smallest absolute Gasteiger partial charge is 0.292 e. The van der Waals surface area contributed by atoms with Gasteiger partial charge in [0.25, 0.3) is 11.6 Å².